The van der Waals surface area contributed by atoms with E-state index in [0.29, 0.717) is 0 Å². The topological polar surface area (TPSA) is 49.3 Å². The average Bonchev–Trinajstić information content (AvgIpc) is 2.58. The predicted molar refractivity (Wildman–Crippen MR) is 108 cm³/mol. The zero-order valence-corrected chi connectivity index (χ0v) is 16.4. The molecule has 4 heteroatoms. The molecule has 0 fully saturated rings. The third kappa shape index (κ3) is 10.4. The van der Waals surface area contributed by atoms with Crippen LogP contribution in [0.3, 0.4) is 0 Å². The Bertz CT molecular complexity index is 491. The zero-order chi connectivity index (χ0) is 18.3. The molecule has 2 N–H and O–H groups in total. The van der Waals surface area contributed by atoms with Crippen LogP contribution in [0.2, 0.25) is 5.02 Å². The molecular weight excluding hydrogens is 334 g/mol. The summed E-state index contributed by atoms with van der Waals surface area (Å²) in [5.41, 5.74) is 1.04. The van der Waals surface area contributed by atoms with Crippen molar-refractivity contribution >= 4 is 23.3 Å². The Morgan fingerprint density at radius 3 is 1.92 bits per heavy atom. The molecule has 0 atom stereocenters. The van der Waals surface area contributed by atoms with Gasteiger partial charge in [0, 0.05) is 12.2 Å². The Hall–Kier alpha value is -1.22. The predicted octanol–water partition coefficient (Wildman–Crippen LogP) is 7.15. The highest BCUT2D eigenvalue weighted by atomic mass is 35.5. The van der Waals surface area contributed by atoms with E-state index in [0.717, 1.165) is 18.7 Å². The first kappa shape index (κ1) is 21.8. The summed E-state index contributed by atoms with van der Waals surface area (Å²) >= 11 is 5.96. The number of carbonyl (C=O) groups is 1. The molecule has 0 bridgehead atoms. The van der Waals surface area contributed by atoms with Gasteiger partial charge in [-0.25, -0.2) is 4.79 Å². The van der Waals surface area contributed by atoms with Gasteiger partial charge in [0.1, 0.15) is 0 Å². The minimum atomic E-state index is -0.988. The molecule has 142 valence electrons. The zero-order valence-electron chi connectivity index (χ0n) is 15.7. The standard InChI is InChI=1S/C21H34ClNO2/c1-2-3-4-5-6-7-8-9-10-11-12-13-16-23-18-14-15-19(21(24)25)20(22)17-18/h14-15,17,23H,2-13,16H2,1H3,(H,24,25). The Morgan fingerprint density at radius 1 is 0.920 bits per heavy atom. The Kier molecular flexibility index (Phi) is 12.2. The molecule has 1 rings (SSSR count). The molecule has 0 saturated heterocycles. The third-order valence-electron chi connectivity index (χ3n) is 4.56. The second kappa shape index (κ2) is 14.0. The van der Waals surface area contributed by atoms with Crippen LogP contribution in [0.4, 0.5) is 5.69 Å². The summed E-state index contributed by atoms with van der Waals surface area (Å²) in [6.45, 7) is 3.17. The van der Waals surface area contributed by atoms with E-state index in [2.05, 4.69) is 12.2 Å². The lowest BCUT2D eigenvalue weighted by atomic mass is 10.1. The molecule has 0 spiro atoms. The fourth-order valence-corrected chi connectivity index (χ4v) is 3.26. The number of rotatable bonds is 15. The minimum Gasteiger partial charge on any atom is -0.478 e. The van der Waals surface area contributed by atoms with E-state index in [4.69, 9.17) is 16.7 Å². The van der Waals surface area contributed by atoms with Gasteiger partial charge in [-0.3, -0.25) is 0 Å². The first-order valence-corrected chi connectivity index (χ1v) is 10.3. The highest BCUT2D eigenvalue weighted by Gasteiger charge is 2.08. The van der Waals surface area contributed by atoms with E-state index in [-0.39, 0.29) is 10.6 Å². The second-order valence-electron chi connectivity index (χ2n) is 6.82. The van der Waals surface area contributed by atoms with Crippen molar-refractivity contribution in [3.63, 3.8) is 0 Å². The van der Waals surface area contributed by atoms with Gasteiger partial charge in [0.2, 0.25) is 0 Å². The van der Waals surface area contributed by atoms with Crippen LogP contribution in [0.25, 0.3) is 0 Å². The number of carboxylic acid groups (broad SMARTS) is 1. The van der Waals surface area contributed by atoms with Crippen LogP contribution in [-0.4, -0.2) is 17.6 Å². The number of hydrogen-bond donors (Lipinski definition) is 2. The second-order valence-corrected chi connectivity index (χ2v) is 7.22. The normalized spacial score (nSPS) is 10.8. The molecule has 0 saturated carbocycles. The molecule has 3 nitrogen and oxygen atoms in total. The SMILES string of the molecule is CCCCCCCCCCCCCCNc1ccc(C(=O)O)c(Cl)c1. The van der Waals surface area contributed by atoms with Gasteiger partial charge in [-0.15, -0.1) is 0 Å². The van der Waals surface area contributed by atoms with Gasteiger partial charge < -0.3 is 10.4 Å². The van der Waals surface area contributed by atoms with E-state index in [1.807, 2.05) is 0 Å². The number of carboxylic acids is 1. The van der Waals surface area contributed by atoms with Crippen molar-refractivity contribution in [2.45, 2.75) is 84.0 Å². The lowest BCUT2D eigenvalue weighted by Gasteiger charge is -2.08. The molecule has 1 aromatic carbocycles. The fourth-order valence-electron chi connectivity index (χ4n) is 3.00. The van der Waals surface area contributed by atoms with Crippen LogP contribution in [0.1, 0.15) is 94.3 Å². The molecule has 0 amide bonds. The van der Waals surface area contributed by atoms with Crippen molar-refractivity contribution in [1.82, 2.24) is 0 Å². The highest BCUT2D eigenvalue weighted by Crippen LogP contribution is 2.21. The van der Waals surface area contributed by atoms with Crippen LogP contribution >= 0.6 is 11.6 Å². The molecule has 0 aliphatic heterocycles. The van der Waals surface area contributed by atoms with Gasteiger partial charge in [-0.2, -0.15) is 0 Å². The average molecular weight is 368 g/mol. The number of hydrogen-bond acceptors (Lipinski definition) is 2. The molecule has 0 aromatic heterocycles. The number of unbranched alkanes of at least 4 members (excludes halogenated alkanes) is 11. The Labute approximate surface area is 158 Å². The first-order valence-electron chi connectivity index (χ1n) is 9.92. The number of anilines is 1. The summed E-state index contributed by atoms with van der Waals surface area (Å²) in [6, 6.07) is 5.01. The Balaban J connectivity index is 1.95. The van der Waals surface area contributed by atoms with E-state index in [1.165, 1.54) is 70.6 Å². The van der Waals surface area contributed by atoms with Gasteiger partial charge >= 0.3 is 5.97 Å². The summed E-state index contributed by atoms with van der Waals surface area (Å²) < 4.78 is 0. The van der Waals surface area contributed by atoms with Crippen LogP contribution in [0.15, 0.2) is 18.2 Å². The van der Waals surface area contributed by atoms with Crippen LogP contribution in [0, 0.1) is 0 Å². The number of nitrogens with one attached hydrogen (secondary N) is 1. The molecule has 0 radical (unpaired) electrons. The summed E-state index contributed by atoms with van der Waals surface area (Å²) in [4.78, 5) is 10.9. The maximum atomic E-state index is 10.9. The van der Waals surface area contributed by atoms with Crippen LogP contribution < -0.4 is 5.32 Å². The minimum absolute atomic E-state index is 0.151. The smallest absolute Gasteiger partial charge is 0.337 e. The van der Waals surface area contributed by atoms with E-state index in [1.54, 1.807) is 18.2 Å². The molecule has 0 aliphatic rings. The third-order valence-corrected chi connectivity index (χ3v) is 4.87. The molecule has 0 unspecified atom stereocenters. The van der Waals surface area contributed by atoms with Crippen molar-refractivity contribution in [3.8, 4) is 0 Å². The summed E-state index contributed by atoms with van der Waals surface area (Å²) in [7, 11) is 0. The van der Waals surface area contributed by atoms with Crippen LogP contribution in [0.5, 0.6) is 0 Å². The number of aromatic carboxylic acids is 1. The van der Waals surface area contributed by atoms with E-state index < -0.39 is 5.97 Å². The largest absolute Gasteiger partial charge is 0.478 e. The van der Waals surface area contributed by atoms with Gasteiger partial charge in [0.25, 0.3) is 0 Å². The maximum absolute atomic E-state index is 10.9. The summed E-state index contributed by atoms with van der Waals surface area (Å²) in [6.07, 6.45) is 16.1. The van der Waals surface area contributed by atoms with Crippen molar-refractivity contribution in [2.75, 3.05) is 11.9 Å². The van der Waals surface area contributed by atoms with E-state index in [9.17, 15) is 4.79 Å². The number of halogens is 1. The van der Waals surface area contributed by atoms with Gasteiger partial charge in [0.15, 0.2) is 0 Å². The molecular formula is C21H34ClNO2. The maximum Gasteiger partial charge on any atom is 0.337 e. The first-order chi connectivity index (χ1) is 12.1. The van der Waals surface area contributed by atoms with Gasteiger partial charge in [0.05, 0.1) is 10.6 Å². The lowest BCUT2D eigenvalue weighted by Crippen LogP contribution is -2.03. The molecule has 1 aromatic rings. The monoisotopic (exact) mass is 367 g/mol. The van der Waals surface area contributed by atoms with E-state index >= 15 is 0 Å². The van der Waals surface area contributed by atoms with Gasteiger partial charge in [-0.1, -0.05) is 89.2 Å². The highest BCUT2D eigenvalue weighted by molar-refractivity contribution is 6.33. The molecule has 25 heavy (non-hydrogen) atoms. The van der Waals surface area contributed by atoms with Crippen LogP contribution in [-0.2, 0) is 0 Å². The quantitative estimate of drug-likeness (QED) is 0.323. The van der Waals surface area contributed by atoms with Crippen molar-refractivity contribution < 1.29 is 9.90 Å². The van der Waals surface area contributed by atoms with Crippen molar-refractivity contribution in [2.24, 2.45) is 0 Å². The fraction of sp³-hybridized carbons (Fsp3) is 0.667. The molecule has 0 aliphatic carbocycles. The summed E-state index contributed by atoms with van der Waals surface area (Å²) in [5.74, 6) is -0.988. The van der Waals surface area contributed by atoms with Gasteiger partial charge in [-0.05, 0) is 24.6 Å². The molecule has 0 heterocycles. The number of benzene rings is 1. The van der Waals surface area contributed by atoms with Crippen molar-refractivity contribution in [1.29, 1.82) is 0 Å². The Morgan fingerprint density at radius 2 is 1.44 bits per heavy atom. The summed E-state index contributed by atoms with van der Waals surface area (Å²) in [5, 5.41) is 12.5. The van der Waals surface area contributed by atoms with Crippen molar-refractivity contribution in [3.05, 3.63) is 28.8 Å². The lowest BCUT2D eigenvalue weighted by molar-refractivity contribution is 0.0697.